The Hall–Kier alpha value is -1.59. The Morgan fingerprint density at radius 3 is 1.05 bits per heavy atom. The maximum Gasteiger partial charge on any atom is -0.00976 e. The summed E-state index contributed by atoms with van der Waals surface area (Å²) in [5, 5.41) is 6.27. The monoisotopic (exact) mass is 751 g/mol. The van der Waals surface area contributed by atoms with Crippen molar-refractivity contribution in [3.63, 3.8) is 0 Å². The predicted molar refractivity (Wildman–Crippen MR) is 192 cm³/mol. The average molecular weight is 752 g/mol. The quantitative estimate of drug-likeness (QED) is 0.100. The molecule has 234 valence electrons. The summed E-state index contributed by atoms with van der Waals surface area (Å²) < 4.78 is 0. The fraction of sp³-hybridized carbons (Fsp3) is 0.324. The molecule has 7 heteroatoms. The van der Waals surface area contributed by atoms with Crippen LogP contribution in [0, 0.1) is 11.8 Å². The Morgan fingerprint density at radius 1 is 0.568 bits per heavy atom. The zero-order valence-corrected chi connectivity index (χ0v) is 30.6. The van der Waals surface area contributed by atoms with Gasteiger partial charge in [-0.15, -0.1) is 0 Å². The van der Waals surface area contributed by atoms with Crippen LogP contribution in [0.4, 0.5) is 0 Å². The first-order valence-electron chi connectivity index (χ1n) is 15.3. The largest absolute Gasteiger partial charge is 0.0622 e. The molecule has 2 saturated carbocycles. The second kappa shape index (κ2) is 19.2. The van der Waals surface area contributed by atoms with Crippen LogP contribution in [0.5, 0.6) is 0 Å². The number of hydrogen-bond donors (Lipinski definition) is 0. The van der Waals surface area contributed by atoms with Crippen LogP contribution in [0.2, 0.25) is 0 Å². The van der Waals surface area contributed by atoms with E-state index in [0.29, 0.717) is 0 Å². The minimum Gasteiger partial charge on any atom is -0.0622 e. The van der Waals surface area contributed by atoms with E-state index in [0.717, 1.165) is 29.6 Å². The van der Waals surface area contributed by atoms with Crippen molar-refractivity contribution in [2.75, 3.05) is 14.1 Å². The molecule has 0 radical (unpaired) electrons. The Balaban J connectivity index is 0.000000496. The first-order chi connectivity index (χ1) is 21.6. The normalized spacial score (nSPS) is 20.9. The molecule has 4 atom stereocenters. The molecule has 6 rings (SSSR count). The third-order valence-corrected chi connectivity index (χ3v) is 14.7. The van der Waals surface area contributed by atoms with Gasteiger partial charge in [-0.25, -0.2) is 0 Å². The molecule has 4 aromatic carbocycles. The number of amides is 1. The van der Waals surface area contributed by atoms with Gasteiger partial charge >= 0.3 is 34.5 Å². The summed E-state index contributed by atoms with van der Waals surface area (Å²) in [4.78, 5) is 10.9. The minimum atomic E-state index is -0.347. The summed E-state index contributed by atoms with van der Waals surface area (Å²) in [6, 6.07) is 45.9. The Morgan fingerprint density at radius 2 is 0.818 bits per heavy atom. The van der Waals surface area contributed by atoms with Crippen molar-refractivity contribution >= 4 is 62.9 Å². The molecule has 0 aliphatic heterocycles. The summed E-state index contributed by atoms with van der Waals surface area (Å²) in [7, 11) is 12.4. The number of hydrogen-bond acceptors (Lipinski definition) is 1. The molecule has 0 N–H and O–H groups in total. The zero-order valence-electron chi connectivity index (χ0n) is 25.5. The number of halogens is 2. The number of carbonyl (C=O) groups excluding carboxylic acids is 1. The molecule has 0 spiro atoms. The maximum absolute atomic E-state index is 9.43. The summed E-state index contributed by atoms with van der Waals surface area (Å²) in [5.74, 6) is 1.67. The van der Waals surface area contributed by atoms with Crippen LogP contribution in [0.3, 0.4) is 0 Å². The molecule has 0 heterocycles. The van der Waals surface area contributed by atoms with Crippen molar-refractivity contribution in [1.82, 2.24) is 4.90 Å². The SMILES string of the molecule is CN(C)C=O.[Cl][Ru][Cl].c1ccc(P(c2ccccc2)[C@H]2CCC[C@H]2[C@@H]2CCC[C@@H]2P(c2ccccc2)c2ccccc2)cc1. The summed E-state index contributed by atoms with van der Waals surface area (Å²) in [5.41, 5.74) is 1.58. The van der Waals surface area contributed by atoms with E-state index >= 15 is 0 Å². The number of nitrogens with zero attached hydrogens (tertiary/aromatic N) is 1. The average Bonchev–Trinajstić information content (AvgIpc) is 3.74. The molecule has 2 aliphatic rings. The first-order valence-corrected chi connectivity index (χ1v) is 22.6. The van der Waals surface area contributed by atoms with Crippen LogP contribution >= 0.6 is 35.2 Å². The van der Waals surface area contributed by atoms with Crippen LogP contribution in [-0.2, 0) is 19.9 Å². The molecule has 0 saturated heterocycles. The van der Waals surface area contributed by atoms with Crippen LogP contribution in [0.1, 0.15) is 38.5 Å². The van der Waals surface area contributed by atoms with E-state index in [2.05, 4.69) is 121 Å². The standard InChI is InChI=1S/C34H36P2.C3H7NO.2ClH.Ru/c1-5-15-27(16-6-1)35(28-17-7-2-8-18-28)33-25-13-23-31(33)32-24-14-26-34(32)36(29-19-9-3-10-20-29)30-21-11-4-12-22-30;1-4(2)3-5;;;/h1-12,15-22,31-34H,13-14,23-26H2;3H,1-2H3;2*1H;/q;;;;+2/p-2/t31-,32-,33-,34-;;;;/m0..../s1. The van der Waals surface area contributed by atoms with Crippen LogP contribution in [-0.4, -0.2) is 36.7 Å². The molecular formula is C37H43Cl2NOP2Ru. The fourth-order valence-corrected chi connectivity index (χ4v) is 13.5. The van der Waals surface area contributed by atoms with Gasteiger partial charge in [0.25, 0.3) is 0 Å². The van der Waals surface area contributed by atoms with Crippen molar-refractivity contribution < 1.29 is 19.9 Å². The van der Waals surface area contributed by atoms with Crippen molar-refractivity contribution in [3.05, 3.63) is 121 Å². The smallest absolute Gasteiger partial charge is 0.00976 e. The Bertz CT molecular complexity index is 1170. The van der Waals surface area contributed by atoms with Crippen LogP contribution < -0.4 is 21.2 Å². The molecule has 0 bridgehead atoms. The van der Waals surface area contributed by atoms with Gasteiger partial charge in [-0.1, -0.05) is 134 Å². The Labute approximate surface area is 283 Å². The van der Waals surface area contributed by atoms with Crippen molar-refractivity contribution in [1.29, 1.82) is 0 Å². The summed E-state index contributed by atoms with van der Waals surface area (Å²) in [6.45, 7) is 0. The van der Waals surface area contributed by atoms with E-state index in [9.17, 15) is 4.79 Å². The molecule has 4 aromatic rings. The topological polar surface area (TPSA) is 20.3 Å². The van der Waals surface area contributed by atoms with Gasteiger partial charge < -0.3 is 4.90 Å². The molecule has 0 unspecified atom stereocenters. The van der Waals surface area contributed by atoms with E-state index in [1.165, 1.54) is 43.4 Å². The van der Waals surface area contributed by atoms with Gasteiger partial charge in [0.1, 0.15) is 0 Å². The van der Waals surface area contributed by atoms with Crippen molar-refractivity contribution in [2.24, 2.45) is 11.8 Å². The number of carbonyl (C=O) groups is 1. The van der Waals surface area contributed by atoms with Gasteiger partial charge in [0.05, 0.1) is 0 Å². The van der Waals surface area contributed by atoms with E-state index in [1.807, 2.05) is 0 Å². The summed E-state index contributed by atoms with van der Waals surface area (Å²) >= 11 is -0.346. The molecule has 2 fully saturated rings. The van der Waals surface area contributed by atoms with Crippen LogP contribution in [0.15, 0.2) is 121 Å². The van der Waals surface area contributed by atoms with E-state index in [1.54, 1.807) is 35.3 Å². The van der Waals surface area contributed by atoms with Gasteiger partial charge in [-0.3, -0.25) is 4.79 Å². The third-order valence-electron chi connectivity index (χ3n) is 8.62. The predicted octanol–water partition coefficient (Wildman–Crippen LogP) is 8.67. The van der Waals surface area contributed by atoms with Crippen molar-refractivity contribution in [2.45, 2.75) is 49.8 Å². The van der Waals surface area contributed by atoms with Crippen LogP contribution in [0.25, 0.3) is 0 Å². The second-order valence-electron chi connectivity index (χ2n) is 11.5. The van der Waals surface area contributed by atoms with E-state index in [4.69, 9.17) is 19.4 Å². The number of benzene rings is 4. The van der Waals surface area contributed by atoms with E-state index in [-0.39, 0.29) is 31.0 Å². The Kier molecular flexibility index (Phi) is 15.4. The van der Waals surface area contributed by atoms with Gasteiger partial charge in [0.15, 0.2) is 0 Å². The first kappa shape index (κ1) is 35.3. The second-order valence-corrected chi connectivity index (χ2v) is 19.0. The third kappa shape index (κ3) is 9.71. The molecule has 2 nitrogen and oxygen atoms in total. The maximum atomic E-state index is 9.43. The number of rotatable bonds is 8. The fourth-order valence-electron chi connectivity index (χ4n) is 7.00. The summed E-state index contributed by atoms with van der Waals surface area (Å²) in [6.07, 6.45) is 9.14. The minimum absolute atomic E-state index is 0.346. The molecule has 44 heavy (non-hydrogen) atoms. The van der Waals surface area contributed by atoms with Gasteiger partial charge in [-0.2, -0.15) is 0 Å². The molecule has 0 aromatic heterocycles. The van der Waals surface area contributed by atoms with Crippen molar-refractivity contribution in [3.8, 4) is 0 Å². The molecule has 2 aliphatic carbocycles. The van der Waals surface area contributed by atoms with Gasteiger partial charge in [-0.05, 0) is 85.9 Å². The van der Waals surface area contributed by atoms with Gasteiger partial charge in [0, 0.05) is 14.1 Å². The van der Waals surface area contributed by atoms with Gasteiger partial charge in [0.2, 0.25) is 6.41 Å². The molecule has 1 amide bonds. The molecular weight excluding hydrogens is 708 g/mol. The zero-order chi connectivity index (χ0) is 31.1. The van der Waals surface area contributed by atoms with E-state index < -0.39 is 0 Å².